The predicted octanol–water partition coefficient (Wildman–Crippen LogP) is -1.39. The van der Waals surface area contributed by atoms with Crippen LogP contribution in [0.1, 0.15) is 0 Å². The van der Waals surface area contributed by atoms with Gasteiger partial charge in [0.1, 0.15) is 24.4 Å². The molecule has 6 atom stereocenters. The fraction of sp³-hybridized carbons (Fsp3) is 1.00. The molecule has 0 unspecified atom stereocenters. The van der Waals surface area contributed by atoms with E-state index < -0.39 is 18.3 Å². The molecule has 2 rings (SSSR count). The summed E-state index contributed by atoms with van der Waals surface area (Å²) in [4.78, 5) is -0.258. The second-order valence-corrected chi connectivity index (χ2v) is 4.04. The zero-order chi connectivity index (χ0) is 8.17. The largest absolute Gasteiger partial charge is 0.389 e. The van der Waals surface area contributed by atoms with E-state index in [-0.39, 0.29) is 17.0 Å². The third-order valence-corrected chi connectivity index (χ3v) is 3.30. The van der Waals surface area contributed by atoms with Gasteiger partial charge in [0.05, 0.1) is 10.9 Å². The van der Waals surface area contributed by atoms with Crippen LogP contribution in [0.5, 0.6) is 0 Å². The summed E-state index contributed by atoms with van der Waals surface area (Å²) in [6.07, 6.45) is -3.40. The van der Waals surface area contributed by atoms with Crippen LogP contribution in [-0.4, -0.2) is 50.7 Å². The lowest BCUT2D eigenvalue weighted by molar-refractivity contribution is -0.0726. The van der Waals surface area contributed by atoms with E-state index in [0.717, 1.165) is 0 Å². The van der Waals surface area contributed by atoms with Gasteiger partial charge in [-0.1, -0.05) is 15.9 Å². The molecular formula is C6H9BrO4. The van der Waals surface area contributed by atoms with E-state index in [4.69, 9.17) is 4.74 Å². The summed E-state index contributed by atoms with van der Waals surface area (Å²) in [5.74, 6) is 0. The van der Waals surface area contributed by atoms with Gasteiger partial charge in [-0.25, -0.2) is 0 Å². The molecule has 1 saturated heterocycles. The lowest BCUT2D eigenvalue weighted by Gasteiger charge is -2.28. The van der Waals surface area contributed by atoms with Gasteiger partial charge < -0.3 is 20.1 Å². The molecule has 0 aromatic heterocycles. The third-order valence-electron chi connectivity index (χ3n) is 2.24. The smallest absolute Gasteiger partial charge is 0.114 e. The molecule has 0 radical (unpaired) electrons. The highest BCUT2D eigenvalue weighted by atomic mass is 79.9. The molecule has 3 N–H and O–H groups in total. The molecule has 11 heavy (non-hydrogen) atoms. The maximum Gasteiger partial charge on any atom is 0.114 e. The Bertz CT molecular complexity index is 158. The van der Waals surface area contributed by atoms with Crippen LogP contribution in [-0.2, 0) is 4.74 Å². The summed E-state index contributed by atoms with van der Waals surface area (Å²) in [6, 6.07) is 0. The van der Waals surface area contributed by atoms with E-state index in [0.29, 0.717) is 0 Å². The second-order valence-electron chi connectivity index (χ2n) is 2.98. The zero-order valence-electron chi connectivity index (χ0n) is 5.59. The summed E-state index contributed by atoms with van der Waals surface area (Å²) in [5, 5.41) is 27.7. The highest BCUT2D eigenvalue weighted by Gasteiger charge is 2.59. The topological polar surface area (TPSA) is 73.2 Å². The summed E-state index contributed by atoms with van der Waals surface area (Å²) >= 11 is 3.18. The highest BCUT2D eigenvalue weighted by Crippen LogP contribution is 2.40. The Hall–Kier alpha value is 0.320. The summed E-state index contributed by atoms with van der Waals surface area (Å²) in [5.41, 5.74) is 0. The quantitative estimate of drug-likeness (QED) is 0.350. The van der Waals surface area contributed by atoms with Crippen molar-refractivity contribution in [1.29, 1.82) is 0 Å². The number of aliphatic hydroxyl groups is 3. The molecular weight excluding hydrogens is 216 g/mol. The fourth-order valence-corrected chi connectivity index (χ4v) is 2.18. The summed E-state index contributed by atoms with van der Waals surface area (Å²) in [7, 11) is 0. The maximum absolute atomic E-state index is 9.28. The number of aliphatic hydroxyl groups excluding tert-OH is 3. The Morgan fingerprint density at radius 2 is 1.55 bits per heavy atom. The minimum atomic E-state index is -1.09. The molecule has 0 aromatic carbocycles. The molecule has 1 aliphatic heterocycles. The van der Waals surface area contributed by atoms with Crippen LogP contribution in [0, 0.1) is 0 Å². The van der Waals surface area contributed by atoms with E-state index in [1.54, 1.807) is 0 Å². The van der Waals surface area contributed by atoms with Crippen molar-refractivity contribution in [2.24, 2.45) is 0 Å². The Balaban J connectivity index is 2.13. The van der Waals surface area contributed by atoms with E-state index in [2.05, 4.69) is 15.9 Å². The Labute approximate surface area is 71.9 Å². The number of ether oxygens (including phenoxy) is 1. The molecule has 1 heterocycles. The molecule has 1 saturated carbocycles. The standard InChI is InChI=1S/C6H9BrO4/c7-1-2(8)3(9)4(10)6-5(1)11-6/h1-6,8-10H/t1-,2-,3+,4-,5+,6-/m1/s1. The van der Waals surface area contributed by atoms with Gasteiger partial charge in [-0.15, -0.1) is 0 Å². The molecule has 64 valence electrons. The molecule has 0 spiro atoms. The van der Waals surface area contributed by atoms with Crippen molar-refractivity contribution in [1.82, 2.24) is 0 Å². The molecule has 0 bridgehead atoms. The number of fused-ring (bicyclic) bond motifs is 1. The fourth-order valence-electron chi connectivity index (χ4n) is 1.45. The van der Waals surface area contributed by atoms with Crippen molar-refractivity contribution in [3.8, 4) is 0 Å². The molecule has 1 aliphatic carbocycles. The predicted molar refractivity (Wildman–Crippen MR) is 39.4 cm³/mol. The molecule has 4 nitrogen and oxygen atoms in total. The Morgan fingerprint density at radius 3 is 2.18 bits per heavy atom. The molecule has 0 amide bonds. The van der Waals surface area contributed by atoms with Crippen molar-refractivity contribution in [3.05, 3.63) is 0 Å². The molecule has 5 heteroatoms. The van der Waals surface area contributed by atoms with Crippen LogP contribution in [0.15, 0.2) is 0 Å². The SMILES string of the molecule is O[C@@H]1[C@@H](O)[C@H]2O[C@H]2[C@H](Br)[C@H]1O. The van der Waals surface area contributed by atoms with Gasteiger partial charge in [-0.3, -0.25) is 0 Å². The highest BCUT2D eigenvalue weighted by molar-refractivity contribution is 9.09. The Morgan fingerprint density at radius 1 is 0.909 bits per heavy atom. The number of rotatable bonds is 0. The number of epoxide rings is 1. The zero-order valence-corrected chi connectivity index (χ0v) is 7.18. The summed E-state index contributed by atoms with van der Waals surface area (Å²) < 4.78 is 5.03. The lowest BCUT2D eigenvalue weighted by atomic mass is 9.92. The van der Waals surface area contributed by atoms with Gasteiger partial charge in [0.15, 0.2) is 0 Å². The first-order chi connectivity index (χ1) is 5.13. The van der Waals surface area contributed by atoms with Gasteiger partial charge >= 0.3 is 0 Å². The molecule has 2 fully saturated rings. The molecule has 0 aromatic rings. The number of halogens is 1. The van der Waals surface area contributed by atoms with E-state index in [1.807, 2.05) is 0 Å². The van der Waals surface area contributed by atoms with Crippen molar-refractivity contribution >= 4 is 15.9 Å². The van der Waals surface area contributed by atoms with Gasteiger partial charge in [0.25, 0.3) is 0 Å². The van der Waals surface area contributed by atoms with E-state index in [1.165, 1.54) is 0 Å². The van der Waals surface area contributed by atoms with Gasteiger partial charge in [0, 0.05) is 0 Å². The minimum absolute atomic E-state index is 0.136. The van der Waals surface area contributed by atoms with Crippen molar-refractivity contribution in [3.63, 3.8) is 0 Å². The summed E-state index contributed by atoms with van der Waals surface area (Å²) in [6.45, 7) is 0. The van der Waals surface area contributed by atoms with Gasteiger partial charge in [-0.2, -0.15) is 0 Å². The average molecular weight is 225 g/mol. The first kappa shape index (κ1) is 7.94. The lowest BCUT2D eigenvalue weighted by Crippen LogP contribution is -2.51. The van der Waals surface area contributed by atoms with Crippen LogP contribution in [0.25, 0.3) is 0 Å². The average Bonchev–Trinajstić information content (AvgIpc) is 2.76. The van der Waals surface area contributed by atoms with Crippen LogP contribution < -0.4 is 0 Å². The monoisotopic (exact) mass is 224 g/mol. The normalized spacial score (nSPS) is 62.2. The van der Waals surface area contributed by atoms with Crippen molar-refractivity contribution in [2.75, 3.05) is 0 Å². The Kier molecular flexibility index (Phi) is 1.73. The van der Waals surface area contributed by atoms with Crippen LogP contribution in [0.3, 0.4) is 0 Å². The first-order valence-electron chi connectivity index (χ1n) is 3.46. The first-order valence-corrected chi connectivity index (χ1v) is 4.38. The third kappa shape index (κ3) is 1.03. The second kappa shape index (κ2) is 2.40. The van der Waals surface area contributed by atoms with Gasteiger partial charge in [0.2, 0.25) is 0 Å². The van der Waals surface area contributed by atoms with E-state index >= 15 is 0 Å². The number of hydrogen-bond acceptors (Lipinski definition) is 4. The maximum atomic E-state index is 9.28. The van der Waals surface area contributed by atoms with E-state index in [9.17, 15) is 15.3 Å². The number of alkyl halides is 1. The van der Waals surface area contributed by atoms with Crippen molar-refractivity contribution in [2.45, 2.75) is 35.3 Å². The van der Waals surface area contributed by atoms with Crippen molar-refractivity contribution < 1.29 is 20.1 Å². The van der Waals surface area contributed by atoms with Gasteiger partial charge in [-0.05, 0) is 0 Å². The minimum Gasteiger partial charge on any atom is -0.389 e. The van der Waals surface area contributed by atoms with Crippen LogP contribution >= 0.6 is 15.9 Å². The number of hydrogen-bond donors (Lipinski definition) is 3. The van der Waals surface area contributed by atoms with Crippen LogP contribution in [0.2, 0.25) is 0 Å². The van der Waals surface area contributed by atoms with Crippen LogP contribution in [0.4, 0.5) is 0 Å². The molecule has 2 aliphatic rings.